The summed E-state index contributed by atoms with van der Waals surface area (Å²) < 4.78 is 38.6. The van der Waals surface area contributed by atoms with Crippen LogP contribution in [0.4, 0.5) is 14.6 Å². The van der Waals surface area contributed by atoms with E-state index in [0.717, 1.165) is 56.4 Å². The van der Waals surface area contributed by atoms with Gasteiger partial charge in [0.1, 0.15) is 30.1 Å². The van der Waals surface area contributed by atoms with E-state index in [0.29, 0.717) is 6.54 Å². The molecule has 0 spiro atoms. The van der Waals surface area contributed by atoms with Crippen LogP contribution in [-0.4, -0.2) is 91.1 Å². The molecule has 0 bridgehead atoms. The van der Waals surface area contributed by atoms with Crippen LogP contribution in [0.3, 0.4) is 0 Å². The normalized spacial score (nSPS) is 14.5. The van der Waals surface area contributed by atoms with Crippen LogP contribution in [0, 0.1) is 5.82 Å². The highest BCUT2D eigenvalue weighted by molar-refractivity contribution is 5.91. The minimum atomic E-state index is -1.44. The average molecular weight is 592 g/mol. The molecule has 2 unspecified atom stereocenters. The number of carbonyl (C=O) groups is 2. The molecule has 0 aromatic carbocycles. The minimum Gasteiger partial charge on any atom is -0.495 e. The Morgan fingerprint density at radius 3 is 2.69 bits per heavy atom. The van der Waals surface area contributed by atoms with Gasteiger partial charge in [-0.15, -0.1) is 0 Å². The fourth-order valence-electron chi connectivity index (χ4n) is 5.12. The molecular weight excluding hydrogens is 548 g/mol. The highest BCUT2D eigenvalue weighted by Crippen LogP contribution is 2.33. The summed E-state index contributed by atoms with van der Waals surface area (Å²) in [6.07, 6.45) is 6.25. The quantitative estimate of drug-likeness (QED) is 0.237. The molecule has 0 radical (unpaired) electrons. The number of nitrogens with one attached hydrogen (secondary N) is 2. The monoisotopic (exact) mass is 591 g/mol. The first-order valence-corrected chi connectivity index (χ1v) is 14.4. The Morgan fingerprint density at radius 1 is 1.21 bits per heavy atom. The van der Waals surface area contributed by atoms with E-state index in [1.54, 1.807) is 0 Å². The lowest BCUT2D eigenvalue weighted by Crippen LogP contribution is -2.50. The molecule has 0 saturated carbocycles. The van der Waals surface area contributed by atoms with Crippen LogP contribution < -0.4 is 15.4 Å². The van der Waals surface area contributed by atoms with Gasteiger partial charge in [0.15, 0.2) is 0 Å². The number of alkyl halides is 1. The Balaban J connectivity index is 1.61. The predicted molar refractivity (Wildman–Crippen MR) is 155 cm³/mol. The zero-order valence-electron chi connectivity index (χ0n) is 24.9. The van der Waals surface area contributed by atoms with Crippen molar-refractivity contribution in [3.05, 3.63) is 47.2 Å². The first-order valence-electron chi connectivity index (χ1n) is 14.4. The van der Waals surface area contributed by atoms with Gasteiger partial charge in [-0.2, -0.15) is 0 Å². The largest absolute Gasteiger partial charge is 0.495 e. The van der Waals surface area contributed by atoms with Gasteiger partial charge in [-0.1, -0.05) is 6.07 Å². The first-order chi connectivity index (χ1) is 20.1. The van der Waals surface area contributed by atoms with Crippen LogP contribution in [-0.2, 0) is 32.6 Å². The smallest absolute Gasteiger partial charge is 0.326 e. The molecule has 0 aliphatic carbocycles. The molecule has 3 N–H and O–H groups in total. The van der Waals surface area contributed by atoms with Crippen molar-refractivity contribution in [1.29, 1.82) is 0 Å². The molecule has 10 nitrogen and oxygen atoms in total. The number of aromatic nitrogens is 2. The number of carbonyl (C=O) groups excluding carboxylic acids is 1. The van der Waals surface area contributed by atoms with Crippen molar-refractivity contribution in [3.63, 3.8) is 0 Å². The number of hydrogen-bond acceptors (Lipinski definition) is 8. The zero-order chi connectivity index (χ0) is 30.7. The van der Waals surface area contributed by atoms with Gasteiger partial charge in [-0.05, 0) is 70.5 Å². The number of amides is 1. The molecule has 2 atom stereocenters. The Labute approximate surface area is 246 Å². The average Bonchev–Trinajstić information content (AvgIpc) is 2.98. The second-order valence-electron chi connectivity index (χ2n) is 11.1. The maximum absolute atomic E-state index is 14.7. The third kappa shape index (κ3) is 8.81. The topological polar surface area (TPSA) is 126 Å². The molecule has 1 amide bonds. The number of carboxylic acids is 1. The van der Waals surface area contributed by atoms with Crippen molar-refractivity contribution in [3.8, 4) is 5.75 Å². The summed E-state index contributed by atoms with van der Waals surface area (Å²) >= 11 is 0. The number of nitrogens with zero attached hydrogens (tertiary/aromatic N) is 3. The third-order valence-corrected chi connectivity index (χ3v) is 7.69. The van der Waals surface area contributed by atoms with Crippen molar-refractivity contribution >= 4 is 17.7 Å². The van der Waals surface area contributed by atoms with Gasteiger partial charge < -0.3 is 30.1 Å². The second-order valence-corrected chi connectivity index (χ2v) is 11.1. The lowest BCUT2D eigenvalue weighted by molar-refractivity contribution is -0.143. The van der Waals surface area contributed by atoms with Gasteiger partial charge in [0.05, 0.1) is 31.0 Å². The number of pyridine rings is 2. The number of aliphatic carboxylic acids is 1. The number of ether oxygens (including phenoxy) is 2. The number of aryl methyl sites for hydroxylation is 2. The second kappa shape index (κ2) is 15.7. The molecule has 2 aromatic rings. The fourth-order valence-corrected chi connectivity index (χ4v) is 5.12. The van der Waals surface area contributed by atoms with E-state index in [2.05, 4.69) is 27.8 Å². The highest BCUT2D eigenvalue weighted by atomic mass is 19.1. The zero-order valence-corrected chi connectivity index (χ0v) is 24.9. The minimum absolute atomic E-state index is 0.0154. The fraction of sp³-hybridized carbons (Fsp3) is 0.600. The van der Waals surface area contributed by atoms with Gasteiger partial charge >= 0.3 is 5.97 Å². The molecule has 3 heterocycles. The van der Waals surface area contributed by atoms with Crippen molar-refractivity contribution in [2.75, 3.05) is 52.4 Å². The van der Waals surface area contributed by atoms with E-state index in [-0.39, 0.29) is 30.8 Å². The summed E-state index contributed by atoms with van der Waals surface area (Å²) in [5.74, 6) is -1.57. The predicted octanol–water partition coefficient (Wildman–Crippen LogP) is 3.53. The number of halogens is 2. The molecule has 12 heteroatoms. The van der Waals surface area contributed by atoms with Crippen LogP contribution in [0.2, 0.25) is 0 Å². The molecule has 0 fully saturated rings. The van der Waals surface area contributed by atoms with E-state index in [9.17, 15) is 23.5 Å². The van der Waals surface area contributed by atoms with Gasteiger partial charge in [-0.25, -0.2) is 18.6 Å². The molecule has 232 valence electrons. The number of carboxylic acid groups (broad SMARTS) is 1. The standard InChI is InChI=1S/C30H43F2N5O5/c1-30(2,26-23(32)17-33-18-25(26)42-4)29(40)36-24(28(38)39)12-15-37(19-22(16-31)41-3)14-6-5-9-21-11-10-20-8-7-13-34-27(20)35-21/h10-11,17-18,22,24H,5-9,12-16,19H2,1-4H3,(H,34,35)(H,36,40)(H,38,39). The van der Waals surface area contributed by atoms with Crippen LogP contribution in [0.25, 0.3) is 0 Å². The highest BCUT2D eigenvalue weighted by Gasteiger charge is 2.38. The van der Waals surface area contributed by atoms with Crippen LogP contribution in [0.1, 0.15) is 56.4 Å². The summed E-state index contributed by atoms with van der Waals surface area (Å²) in [7, 11) is 2.78. The van der Waals surface area contributed by atoms with Crippen LogP contribution >= 0.6 is 0 Å². The Bertz CT molecular complexity index is 1190. The number of anilines is 1. The molecule has 0 saturated heterocycles. The summed E-state index contributed by atoms with van der Waals surface area (Å²) in [5, 5.41) is 15.8. The van der Waals surface area contributed by atoms with E-state index < -0.39 is 41.9 Å². The van der Waals surface area contributed by atoms with Gasteiger partial charge in [-0.3, -0.25) is 9.78 Å². The van der Waals surface area contributed by atoms with Crippen molar-refractivity contribution in [2.24, 2.45) is 0 Å². The number of rotatable bonds is 17. The Morgan fingerprint density at radius 2 is 2.00 bits per heavy atom. The molecule has 1 aliphatic rings. The molecular formula is C30H43F2N5O5. The van der Waals surface area contributed by atoms with Gasteiger partial charge in [0.25, 0.3) is 0 Å². The summed E-state index contributed by atoms with van der Waals surface area (Å²) in [6, 6.07) is 2.94. The third-order valence-electron chi connectivity index (χ3n) is 7.69. The summed E-state index contributed by atoms with van der Waals surface area (Å²) in [5.41, 5.74) is 0.785. The van der Waals surface area contributed by atoms with E-state index in [4.69, 9.17) is 14.5 Å². The Kier molecular flexibility index (Phi) is 12.4. The Hall–Kier alpha value is -3.38. The van der Waals surface area contributed by atoms with Crippen molar-refractivity contribution in [2.45, 2.75) is 69.9 Å². The number of fused-ring (bicyclic) bond motifs is 1. The molecule has 1 aliphatic heterocycles. The first kappa shape index (κ1) is 33.1. The van der Waals surface area contributed by atoms with Gasteiger partial charge in [0.2, 0.25) is 5.91 Å². The summed E-state index contributed by atoms with van der Waals surface area (Å²) in [4.78, 5) is 35.8. The molecule has 3 rings (SSSR count). The lowest BCUT2D eigenvalue weighted by Gasteiger charge is -2.30. The number of methoxy groups -OCH3 is 2. The van der Waals surface area contributed by atoms with Gasteiger partial charge in [0, 0.05) is 38.0 Å². The SMILES string of the molecule is COc1cncc(F)c1C(C)(C)C(=O)NC(CCN(CCCCc1ccc2c(n1)NCCC2)CC(CF)OC)C(=O)O. The summed E-state index contributed by atoms with van der Waals surface area (Å²) in [6.45, 7) is 4.39. The van der Waals surface area contributed by atoms with Crippen molar-refractivity contribution in [1.82, 2.24) is 20.2 Å². The maximum atomic E-state index is 14.7. The van der Waals surface area contributed by atoms with Crippen molar-refractivity contribution < 1.29 is 33.0 Å². The number of unbranched alkanes of at least 4 members (excludes halogenated alkanes) is 1. The maximum Gasteiger partial charge on any atom is 0.326 e. The molecule has 2 aromatic heterocycles. The van der Waals surface area contributed by atoms with E-state index in [1.807, 2.05) is 4.90 Å². The van der Waals surface area contributed by atoms with E-state index in [1.165, 1.54) is 39.8 Å². The molecule has 42 heavy (non-hydrogen) atoms. The number of hydrogen-bond donors (Lipinski definition) is 3. The lowest BCUT2D eigenvalue weighted by atomic mass is 9.83. The van der Waals surface area contributed by atoms with Crippen LogP contribution in [0.15, 0.2) is 24.5 Å². The van der Waals surface area contributed by atoms with E-state index >= 15 is 0 Å². The van der Waals surface area contributed by atoms with Crippen LogP contribution in [0.5, 0.6) is 5.75 Å².